The van der Waals surface area contributed by atoms with Gasteiger partial charge in [-0.2, -0.15) is 0 Å². The fourth-order valence-electron chi connectivity index (χ4n) is 2.01. The molecular formula is C16H18FN3O3. The van der Waals surface area contributed by atoms with E-state index in [1.807, 2.05) is 0 Å². The predicted octanol–water partition coefficient (Wildman–Crippen LogP) is 2.49. The molecule has 1 heterocycles. The maximum atomic E-state index is 13.4. The summed E-state index contributed by atoms with van der Waals surface area (Å²) in [6, 6.07) is 5.69. The highest BCUT2D eigenvalue weighted by molar-refractivity contribution is 5.96. The normalized spacial score (nSPS) is 10.3. The second kappa shape index (κ2) is 6.95. The van der Waals surface area contributed by atoms with Crippen molar-refractivity contribution in [3.63, 3.8) is 0 Å². The molecule has 3 amide bonds. The fourth-order valence-corrected chi connectivity index (χ4v) is 2.01. The van der Waals surface area contributed by atoms with Crippen molar-refractivity contribution in [2.45, 2.75) is 27.3 Å². The molecule has 0 saturated carbocycles. The number of hydrazine groups is 1. The second-order valence-corrected chi connectivity index (χ2v) is 5.17. The summed E-state index contributed by atoms with van der Waals surface area (Å²) in [4.78, 5) is 23.5. The smallest absolute Gasteiger partial charge is 0.333 e. The van der Waals surface area contributed by atoms with Gasteiger partial charge in [-0.15, -0.1) is 0 Å². The van der Waals surface area contributed by atoms with Crippen LogP contribution in [0, 0.1) is 26.6 Å². The Kier molecular flexibility index (Phi) is 5.00. The molecule has 122 valence electrons. The summed E-state index contributed by atoms with van der Waals surface area (Å²) in [7, 11) is 0. The van der Waals surface area contributed by atoms with Gasteiger partial charge < -0.3 is 9.73 Å². The number of amides is 3. The molecule has 23 heavy (non-hydrogen) atoms. The molecule has 2 aromatic rings. The van der Waals surface area contributed by atoms with Crippen LogP contribution in [0.4, 0.5) is 9.18 Å². The standard InChI is InChI=1S/C16H18FN3O3/c1-9-4-5-12(7-14(9)17)8-18-16(22)20-19-15(21)13-6-10(2)23-11(13)3/h4-7H,8H2,1-3H3,(H,19,21)(H2,18,20,22). The molecule has 0 spiro atoms. The molecule has 0 unspecified atom stereocenters. The number of hydrogen-bond acceptors (Lipinski definition) is 3. The van der Waals surface area contributed by atoms with Crippen molar-refractivity contribution in [2.75, 3.05) is 0 Å². The number of carbonyl (C=O) groups is 2. The monoisotopic (exact) mass is 319 g/mol. The van der Waals surface area contributed by atoms with Gasteiger partial charge in [0, 0.05) is 6.54 Å². The fraction of sp³-hybridized carbons (Fsp3) is 0.250. The molecule has 0 saturated heterocycles. The molecule has 0 bridgehead atoms. The molecule has 2 rings (SSSR count). The van der Waals surface area contributed by atoms with Gasteiger partial charge in [0.25, 0.3) is 5.91 Å². The minimum atomic E-state index is -0.600. The lowest BCUT2D eigenvalue weighted by atomic mass is 10.1. The minimum absolute atomic E-state index is 0.142. The van der Waals surface area contributed by atoms with Gasteiger partial charge in [-0.1, -0.05) is 12.1 Å². The molecule has 0 aliphatic rings. The zero-order valence-corrected chi connectivity index (χ0v) is 13.1. The van der Waals surface area contributed by atoms with Crippen LogP contribution in [0.1, 0.15) is 33.0 Å². The van der Waals surface area contributed by atoms with Crippen LogP contribution in [0.2, 0.25) is 0 Å². The van der Waals surface area contributed by atoms with Gasteiger partial charge in [-0.25, -0.2) is 14.6 Å². The molecule has 1 aromatic carbocycles. The SMILES string of the molecule is Cc1cc(C(=O)NNC(=O)NCc2ccc(C)c(F)c2)c(C)o1. The first-order valence-corrected chi connectivity index (χ1v) is 7.03. The van der Waals surface area contributed by atoms with Gasteiger partial charge in [0.2, 0.25) is 0 Å². The van der Waals surface area contributed by atoms with E-state index in [4.69, 9.17) is 4.42 Å². The molecular weight excluding hydrogens is 301 g/mol. The lowest BCUT2D eigenvalue weighted by Crippen LogP contribution is -2.46. The first-order valence-electron chi connectivity index (χ1n) is 7.03. The van der Waals surface area contributed by atoms with E-state index in [2.05, 4.69) is 16.2 Å². The van der Waals surface area contributed by atoms with Crippen molar-refractivity contribution in [3.8, 4) is 0 Å². The van der Waals surface area contributed by atoms with Crippen LogP contribution in [-0.4, -0.2) is 11.9 Å². The van der Waals surface area contributed by atoms with Crippen LogP contribution in [0.5, 0.6) is 0 Å². The van der Waals surface area contributed by atoms with E-state index in [0.29, 0.717) is 28.2 Å². The van der Waals surface area contributed by atoms with Gasteiger partial charge in [-0.05, 0) is 44.0 Å². The Morgan fingerprint density at radius 1 is 1.13 bits per heavy atom. The van der Waals surface area contributed by atoms with Crippen LogP contribution in [-0.2, 0) is 6.54 Å². The average Bonchev–Trinajstić information content (AvgIpc) is 2.84. The number of halogens is 1. The molecule has 0 aliphatic heterocycles. The molecule has 0 radical (unpaired) electrons. The van der Waals surface area contributed by atoms with Crippen LogP contribution in [0.25, 0.3) is 0 Å². The minimum Gasteiger partial charge on any atom is -0.466 e. The molecule has 0 atom stereocenters. The summed E-state index contributed by atoms with van der Waals surface area (Å²) in [6.45, 7) is 5.19. The highest BCUT2D eigenvalue weighted by atomic mass is 19.1. The van der Waals surface area contributed by atoms with Crippen molar-refractivity contribution in [3.05, 3.63) is 58.3 Å². The zero-order valence-electron chi connectivity index (χ0n) is 13.1. The Bertz CT molecular complexity index is 740. The number of carbonyl (C=O) groups excluding carboxylic acids is 2. The molecule has 3 N–H and O–H groups in total. The van der Waals surface area contributed by atoms with E-state index in [1.54, 1.807) is 39.0 Å². The Hall–Kier alpha value is -2.83. The van der Waals surface area contributed by atoms with Crippen molar-refractivity contribution < 1.29 is 18.4 Å². The molecule has 1 aromatic heterocycles. The summed E-state index contributed by atoms with van der Waals surface area (Å²) in [5.41, 5.74) is 6.01. The van der Waals surface area contributed by atoms with E-state index in [1.165, 1.54) is 6.07 Å². The summed E-state index contributed by atoms with van der Waals surface area (Å²) in [6.07, 6.45) is 0. The van der Waals surface area contributed by atoms with E-state index < -0.39 is 11.9 Å². The highest BCUT2D eigenvalue weighted by Gasteiger charge is 2.13. The van der Waals surface area contributed by atoms with Crippen LogP contribution in [0.3, 0.4) is 0 Å². The van der Waals surface area contributed by atoms with Gasteiger partial charge in [-0.3, -0.25) is 10.2 Å². The van der Waals surface area contributed by atoms with Crippen LogP contribution in [0.15, 0.2) is 28.7 Å². The van der Waals surface area contributed by atoms with Crippen molar-refractivity contribution >= 4 is 11.9 Å². The second-order valence-electron chi connectivity index (χ2n) is 5.17. The Morgan fingerprint density at radius 3 is 2.48 bits per heavy atom. The van der Waals surface area contributed by atoms with Crippen molar-refractivity contribution in [2.24, 2.45) is 0 Å². The first-order chi connectivity index (χ1) is 10.9. The summed E-state index contributed by atoms with van der Waals surface area (Å²) in [5, 5.41) is 2.52. The van der Waals surface area contributed by atoms with E-state index in [0.717, 1.165) is 0 Å². The lowest BCUT2D eigenvalue weighted by molar-refractivity contribution is 0.0934. The quantitative estimate of drug-likeness (QED) is 0.760. The van der Waals surface area contributed by atoms with Crippen LogP contribution < -0.4 is 16.2 Å². The lowest BCUT2D eigenvalue weighted by Gasteiger charge is -2.09. The van der Waals surface area contributed by atoms with E-state index in [9.17, 15) is 14.0 Å². The van der Waals surface area contributed by atoms with E-state index in [-0.39, 0.29) is 12.4 Å². The average molecular weight is 319 g/mol. The molecule has 0 aliphatic carbocycles. The van der Waals surface area contributed by atoms with Gasteiger partial charge in [0.15, 0.2) is 0 Å². The number of nitrogens with one attached hydrogen (secondary N) is 3. The van der Waals surface area contributed by atoms with E-state index >= 15 is 0 Å². The first kappa shape index (κ1) is 16.5. The third kappa shape index (κ3) is 4.32. The number of urea groups is 1. The zero-order chi connectivity index (χ0) is 17.0. The maximum Gasteiger partial charge on any atom is 0.333 e. The van der Waals surface area contributed by atoms with Crippen molar-refractivity contribution in [1.29, 1.82) is 0 Å². The molecule has 7 heteroatoms. The third-order valence-electron chi connectivity index (χ3n) is 3.26. The maximum absolute atomic E-state index is 13.4. The van der Waals surface area contributed by atoms with Gasteiger partial charge in [0.05, 0.1) is 5.56 Å². The number of hydrogen-bond donors (Lipinski definition) is 3. The van der Waals surface area contributed by atoms with Crippen LogP contribution >= 0.6 is 0 Å². The van der Waals surface area contributed by atoms with Crippen molar-refractivity contribution in [1.82, 2.24) is 16.2 Å². The largest absolute Gasteiger partial charge is 0.466 e. The summed E-state index contributed by atoms with van der Waals surface area (Å²) in [5.74, 6) is 0.274. The Morgan fingerprint density at radius 2 is 1.87 bits per heavy atom. The van der Waals surface area contributed by atoms with Gasteiger partial charge in [0.1, 0.15) is 17.3 Å². The summed E-state index contributed by atoms with van der Waals surface area (Å²) >= 11 is 0. The molecule has 6 nitrogen and oxygen atoms in total. The Labute approximate surface area is 133 Å². The molecule has 0 fully saturated rings. The number of benzene rings is 1. The third-order valence-corrected chi connectivity index (χ3v) is 3.26. The number of furan rings is 1. The number of aryl methyl sites for hydroxylation is 3. The van der Waals surface area contributed by atoms with Gasteiger partial charge >= 0.3 is 6.03 Å². The Balaban J connectivity index is 1.82. The predicted molar refractivity (Wildman–Crippen MR) is 82.2 cm³/mol. The number of rotatable bonds is 3. The highest BCUT2D eigenvalue weighted by Crippen LogP contribution is 2.13. The topological polar surface area (TPSA) is 83.4 Å². The summed E-state index contributed by atoms with van der Waals surface area (Å²) < 4.78 is 18.6.